The largest absolute Gasteiger partial charge is 0.497 e. The third-order valence-electron chi connectivity index (χ3n) is 5.51. The highest BCUT2D eigenvalue weighted by Gasteiger charge is 2.40. The first kappa shape index (κ1) is 30.7. The van der Waals surface area contributed by atoms with Gasteiger partial charge >= 0.3 is 24.0 Å². The Labute approximate surface area is 225 Å². The molecule has 0 fully saturated rings. The summed E-state index contributed by atoms with van der Waals surface area (Å²) in [6.45, 7) is 4.28. The van der Waals surface area contributed by atoms with Crippen LogP contribution < -0.4 is 10.1 Å². The minimum absolute atomic E-state index is 0.00551. The molecule has 2 aromatic rings. The number of esters is 3. The second-order valence-electron chi connectivity index (χ2n) is 9.46. The third-order valence-corrected chi connectivity index (χ3v) is 5.51. The van der Waals surface area contributed by atoms with Gasteiger partial charge in [0.15, 0.2) is 0 Å². The highest BCUT2D eigenvalue weighted by Crippen LogP contribution is 2.25. The number of methoxy groups -OCH3 is 1. The molecule has 210 valence electrons. The first-order valence-electron chi connectivity index (χ1n) is 12.1. The Bertz CT molecular complexity index is 1160. The SMILES string of the molecule is COc1ccc(COC(=O)CC(C)(CNC(=O)OCc2ccc([N+](=O)[O-])cc2)C(=O)OC(=O)CC(C)C)cc1. The van der Waals surface area contributed by atoms with Gasteiger partial charge in [-0.25, -0.2) is 4.79 Å². The molecule has 1 amide bonds. The highest BCUT2D eigenvalue weighted by molar-refractivity contribution is 5.91. The molecule has 0 saturated carbocycles. The number of carbonyl (C=O) groups excluding carboxylic acids is 4. The van der Waals surface area contributed by atoms with Crippen LogP contribution in [-0.4, -0.2) is 42.6 Å². The average molecular weight is 545 g/mol. The van der Waals surface area contributed by atoms with Gasteiger partial charge in [-0.2, -0.15) is 0 Å². The summed E-state index contributed by atoms with van der Waals surface area (Å²) in [5.41, 5.74) is -0.563. The Kier molecular flexibility index (Phi) is 11.4. The quantitative estimate of drug-likeness (QED) is 0.128. The molecule has 12 heteroatoms. The second-order valence-corrected chi connectivity index (χ2v) is 9.46. The fraction of sp³-hybridized carbons (Fsp3) is 0.407. The molecule has 1 N–H and O–H groups in total. The average Bonchev–Trinajstić information content (AvgIpc) is 2.89. The molecule has 0 bridgehead atoms. The molecule has 0 aliphatic heterocycles. The topological polar surface area (TPSA) is 160 Å². The zero-order valence-electron chi connectivity index (χ0n) is 22.3. The highest BCUT2D eigenvalue weighted by atomic mass is 16.6. The van der Waals surface area contributed by atoms with Crippen molar-refractivity contribution in [1.82, 2.24) is 5.32 Å². The maximum Gasteiger partial charge on any atom is 0.407 e. The van der Waals surface area contributed by atoms with Gasteiger partial charge in [-0.05, 0) is 48.2 Å². The molecule has 39 heavy (non-hydrogen) atoms. The number of non-ortho nitro benzene ring substituents is 1. The summed E-state index contributed by atoms with van der Waals surface area (Å²) in [4.78, 5) is 60.1. The molecule has 0 spiro atoms. The lowest BCUT2D eigenvalue weighted by molar-refractivity contribution is -0.384. The maximum atomic E-state index is 12.9. The Morgan fingerprint density at radius 1 is 0.923 bits per heavy atom. The van der Waals surface area contributed by atoms with E-state index < -0.39 is 47.3 Å². The summed E-state index contributed by atoms with van der Waals surface area (Å²) < 4.78 is 20.4. The number of ether oxygens (including phenoxy) is 4. The zero-order chi connectivity index (χ0) is 29.0. The number of benzene rings is 2. The minimum Gasteiger partial charge on any atom is -0.497 e. The van der Waals surface area contributed by atoms with Gasteiger partial charge in [0.25, 0.3) is 5.69 Å². The summed E-state index contributed by atoms with van der Waals surface area (Å²) in [5, 5.41) is 13.2. The Balaban J connectivity index is 2.01. The van der Waals surface area contributed by atoms with Crippen LogP contribution in [0.3, 0.4) is 0 Å². The van der Waals surface area contributed by atoms with E-state index in [0.29, 0.717) is 16.9 Å². The minimum atomic E-state index is -1.64. The van der Waals surface area contributed by atoms with Crippen LogP contribution in [0, 0.1) is 21.4 Å². The zero-order valence-corrected chi connectivity index (χ0v) is 22.3. The van der Waals surface area contributed by atoms with Crippen molar-refractivity contribution in [2.75, 3.05) is 13.7 Å². The van der Waals surface area contributed by atoms with Crippen molar-refractivity contribution in [3.8, 4) is 5.75 Å². The summed E-state index contributed by atoms with van der Waals surface area (Å²) in [5.74, 6) is -1.92. The standard InChI is InChI=1S/C27H32N2O10/c1-18(2)13-23(30)39-25(32)27(3,14-24(31)37-15-20-7-11-22(36-4)12-8-20)17-28-26(33)38-16-19-5-9-21(10-6-19)29(34)35/h5-12,18H,13-17H2,1-4H3,(H,28,33). The van der Waals surface area contributed by atoms with Crippen LogP contribution >= 0.6 is 0 Å². The molecule has 0 aliphatic rings. The van der Waals surface area contributed by atoms with Crippen molar-refractivity contribution in [3.05, 3.63) is 69.8 Å². The predicted molar refractivity (Wildman–Crippen MR) is 137 cm³/mol. The first-order valence-corrected chi connectivity index (χ1v) is 12.1. The van der Waals surface area contributed by atoms with E-state index in [-0.39, 0.29) is 31.2 Å². The molecule has 2 rings (SSSR count). The predicted octanol–water partition coefficient (Wildman–Crippen LogP) is 4.09. The summed E-state index contributed by atoms with van der Waals surface area (Å²) in [6.07, 6.45) is -1.40. The van der Waals surface area contributed by atoms with Gasteiger partial charge in [-0.1, -0.05) is 26.0 Å². The Hall–Kier alpha value is -4.48. The van der Waals surface area contributed by atoms with Crippen LogP contribution in [0.1, 0.15) is 44.7 Å². The number of nitrogens with zero attached hydrogens (tertiary/aromatic N) is 1. The molecule has 0 aromatic heterocycles. The summed E-state index contributed by atoms with van der Waals surface area (Å²) in [6, 6.07) is 12.3. The van der Waals surface area contributed by atoms with Gasteiger partial charge in [0.2, 0.25) is 0 Å². The fourth-order valence-electron chi connectivity index (χ4n) is 3.24. The van der Waals surface area contributed by atoms with Crippen LogP contribution in [0.25, 0.3) is 0 Å². The van der Waals surface area contributed by atoms with Crippen molar-refractivity contribution in [2.45, 2.75) is 46.8 Å². The van der Waals surface area contributed by atoms with E-state index in [1.165, 1.54) is 38.3 Å². The third kappa shape index (κ3) is 10.4. The number of hydrogen-bond donors (Lipinski definition) is 1. The van der Waals surface area contributed by atoms with Gasteiger partial charge < -0.3 is 24.3 Å². The summed E-state index contributed by atoms with van der Waals surface area (Å²) in [7, 11) is 1.53. The summed E-state index contributed by atoms with van der Waals surface area (Å²) >= 11 is 0. The molecule has 0 heterocycles. The Morgan fingerprint density at radius 3 is 2.03 bits per heavy atom. The van der Waals surface area contributed by atoms with Crippen LogP contribution in [-0.2, 0) is 41.8 Å². The molecule has 0 radical (unpaired) electrons. The molecule has 12 nitrogen and oxygen atoms in total. The monoisotopic (exact) mass is 544 g/mol. The van der Waals surface area contributed by atoms with Gasteiger partial charge in [-0.15, -0.1) is 0 Å². The number of amides is 1. The van der Waals surface area contributed by atoms with Crippen LogP contribution in [0.5, 0.6) is 5.75 Å². The van der Waals surface area contributed by atoms with Crippen molar-refractivity contribution in [1.29, 1.82) is 0 Å². The Morgan fingerprint density at radius 2 is 1.49 bits per heavy atom. The lowest BCUT2D eigenvalue weighted by atomic mass is 9.86. The number of nitro benzene ring substituents is 1. The van der Waals surface area contributed by atoms with Crippen molar-refractivity contribution in [3.63, 3.8) is 0 Å². The maximum absolute atomic E-state index is 12.9. The van der Waals surface area contributed by atoms with Crippen LogP contribution in [0.2, 0.25) is 0 Å². The fourth-order valence-corrected chi connectivity index (χ4v) is 3.24. The van der Waals surface area contributed by atoms with E-state index in [1.807, 2.05) is 0 Å². The molecular formula is C27H32N2O10. The van der Waals surface area contributed by atoms with Gasteiger partial charge in [0.05, 0.1) is 23.9 Å². The van der Waals surface area contributed by atoms with Crippen molar-refractivity contribution >= 4 is 29.7 Å². The van der Waals surface area contributed by atoms with E-state index >= 15 is 0 Å². The van der Waals surface area contributed by atoms with Crippen LogP contribution in [0.4, 0.5) is 10.5 Å². The van der Waals surface area contributed by atoms with E-state index in [0.717, 1.165) is 0 Å². The van der Waals surface area contributed by atoms with E-state index in [2.05, 4.69) is 5.32 Å². The molecule has 1 unspecified atom stereocenters. The molecular weight excluding hydrogens is 512 g/mol. The van der Waals surface area contributed by atoms with E-state index in [9.17, 15) is 29.3 Å². The van der Waals surface area contributed by atoms with E-state index in [1.54, 1.807) is 38.1 Å². The molecule has 2 aromatic carbocycles. The van der Waals surface area contributed by atoms with Gasteiger partial charge in [0.1, 0.15) is 19.0 Å². The molecule has 1 atom stereocenters. The van der Waals surface area contributed by atoms with Gasteiger partial charge in [-0.3, -0.25) is 24.5 Å². The number of alkyl carbamates (subject to hydrolysis) is 1. The smallest absolute Gasteiger partial charge is 0.407 e. The van der Waals surface area contributed by atoms with Crippen LogP contribution in [0.15, 0.2) is 48.5 Å². The van der Waals surface area contributed by atoms with Gasteiger partial charge in [0, 0.05) is 25.1 Å². The number of hydrogen-bond acceptors (Lipinski definition) is 10. The van der Waals surface area contributed by atoms with Crippen molar-refractivity contribution < 1.29 is 43.0 Å². The van der Waals surface area contributed by atoms with E-state index in [4.69, 9.17) is 18.9 Å². The number of nitrogens with one attached hydrogen (secondary N) is 1. The first-order chi connectivity index (χ1) is 18.4. The normalized spacial score (nSPS) is 12.1. The molecule has 0 aliphatic carbocycles. The molecule has 0 saturated heterocycles. The number of rotatable bonds is 13. The number of carbonyl (C=O) groups is 4. The second kappa shape index (κ2) is 14.5. The lowest BCUT2D eigenvalue weighted by Crippen LogP contribution is -2.44. The number of nitro groups is 1. The van der Waals surface area contributed by atoms with Crippen molar-refractivity contribution in [2.24, 2.45) is 11.3 Å². The lowest BCUT2D eigenvalue weighted by Gasteiger charge is -2.26.